The highest BCUT2D eigenvalue weighted by atomic mass is 16.3. The van der Waals surface area contributed by atoms with Crippen molar-refractivity contribution >= 4 is 11.2 Å². The van der Waals surface area contributed by atoms with E-state index in [0.717, 1.165) is 43.7 Å². The smallest absolute Gasteiger partial charge is 0.332 e. The van der Waals surface area contributed by atoms with E-state index in [1.165, 1.54) is 23.5 Å². The van der Waals surface area contributed by atoms with Gasteiger partial charge in [0, 0.05) is 53.4 Å². The first-order chi connectivity index (χ1) is 14.9. The average Bonchev–Trinajstić information content (AvgIpc) is 3.20. The van der Waals surface area contributed by atoms with Crippen molar-refractivity contribution in [1.82, 2.24) is 28.5 Å². The first-order valence-corrected chi connectivity index (χ1v) is 10.7. The maximum absolute atomic E-state index is 12.5. The second-order valence-corrected chi connectivity index (χ2v) is 8.31. The van der Waals surface area contributed by atoms with Crippen molar-refractivity contribution in [1.29, 1.82) is 0 Å². The molecule has 9 nitrogen and oxygen atoms in total. The molecule has 0 spiro atoms. The predicted molar refractivity (Wildman–Crippen MR) is 119 cm³/mol. The standard InChI is InChI=1S/C22H30N6O3/c1-24-20-19(21(30)25(2)22(24)31)28(16-23-20)15-18(29)14-27-12-10-26(11-13-27)9-8-17-6-4-3-5-7-17/h3-7,16,18,29H,8-15H2,1-2H3. The molecule has 9 heteroatoms. The van der Waals surface area contributed by atoms with Gasteiger partial charge in [0.15, 0.2) is 11.2 Å². The molecule has 0 radical (unpaired) electrons. The summed E-state index contributed by atoms with van der Waals surface area (Å²) in [7, 11) is 3.05. The van der Waals surface area contributed by atoms with Gasteiger partial charge in [-0.1, -0.05) is 30.3 Å². The number of piperazine rings is 1. The van der Waals surface area contributed by atoms with Crippen molar-refractivity contribution in [3.63, 3.8) is 0 Å². The Morgan fingerprint density at radius 3 is 2.35 bits per heavy atom. The van der Waals surface area contributed by atoms with Crippen molar-refractivity contribution in [2.75, 3.05) is 39.3 Å². The molecule has 3 heterocycles. The SMILES string of the molecule is Cn1c(=O)c2c(ncn2CC(O)CN2CCN(CCc3ccccc3)CC2)n(C)c1=O. The van der Waals surface area contributed by atoms with Crippen LogP contribution in [0.1, 0.15) is 5.56 Å². The summed E-state index contributed by atoms with van der Waals surface area (Å²) in [4.78, 5) is 33.6. The molecular weight excluding hydrogens is 396 g/mol. The number of hydrogen-bond donors (Lipinski definition) is 1. The molecule has 1 unspecified atom stereocenters. The number of rotatable bonds is 7. The van der Waals surface area contributed by atoms with Gasteiger partial charge in [0.1, 0.15) is 0 Å². The summed E-state index contributed by atoms with van der Waals surface area (Å²) in [5.41, 5.74) is 1.24. The van der Waals surface area contributed by atoms with Crippen LogP contribution in [0, 0.1) is 0 Å². The monoisotopic (exact) mass is 426 g/mol. The Balaban J connectivity index is 1.32. The fourth-order valence-corrected chi connectivity index (χ4v) is 4.25. The fraction of sp³-hybridized carbons (Fsp3) is 0.500. The second-order valence-electron chi connectivity index (χ2n) is 8.31. The van der Waals surface area contributed by atoms with Gasteiger partial charge in [-0.15, -0.1) is 0 Å². The van der Waals surface area contributed by atoms with Gasteiger partial charge in [-0.2, -0.15) is 0 Å². The van der Waals surface area contributed by atoms with Crippen LogP contribution in [0.5, 0.6) is 0 Å². The van der Waals surface area contributed by atoms with Crippen LogP contribution in [0.15, 0.2) is 46.2 Å². The molecule has 1 aliphatic heterocycles. The quantitative estimate of drug-likeness (QED) is 0.556. The maximum atomic E-state index is 12.5. The molecule has 1 atom stereocenters. The van der Waals surface area contributed by atoms with Gasteiger partial charge >= 0.3 is 5.69 Å². The highest BCUT2D eigenvalue weighted by Gasteiger charge is 2.21. The first-order valence-electron chi connectivity index (χ1n) is 10.7. The number of aryl methyl sites for hydroxylation is 1. The molecular formula is C22H30N6O3. The lowest BCUT2D eigenvalue weighted by Crippen LogP contribution is -2.49. The zero-order valence-electron chi connectivity index (χ0n) is 18.1. The Labute approximate surface area is 180 Å². The Bertz CT molecular complexity index is 1140. The molecule has 0 aliphatic carbocycles. The van der Waals surface area contributed by atoms with Gasteiger partial charge in [0.2, 0.25) is 0 Å². The van der Waals surface area contributed by atoms with E-state index in [0.29, 0.717) is 17.7 Å². The third-order valence-electron chi connectivity index (χ3n) is 6.12. The highest BCUT2D eigenvalue weighted by Crippen LogP contribution is 2.09. The molecule has 1 N–H and O–H groups in total. The predicted octanol–water partition coefficient (Wildman–Crippen LogP) is -0.345. The van der Waals surface area contributed by atoms with Crippen molar-refractivity contribution in [3.05, 3.63) is 63.1 Å². The number of benzene rings is 1. The Morgan fingerprint density at radius 1 is 0.968 bits per heavy atom. The van der Waals surface area contributed by atoms with Crippen LogP contribution in [-0.2, 0) is 27.1 Å². The molecule has 0 bridgehead atoms. The molecule has 1 saturated heterocycles. The molecule has 1 aliphatic rings. The fourth-order valence-electron chi connectivity index (χ4n) is 4.25. The van der Waals surface area contributed by atoms with E-state index in [4.69, 9.17) is 0 Å². The molecule has 31 heavy (non-hydrogen) atoms. The van der Waals surface area contributed by atoms with Crippen molar-refractivity contribution < 1.29 is 5.11 Å². The molecule has 0 saturated carbocycles. The van der Waals surface area contributed by atoms with Gasteiger partial charge in [0.25, 0.3) is 5.56 Å². The Kier molecular flexibility index (Phi) is 6.35. The van der Waals surface area contributed by atoms with Crippen LogP contribution >= 0.6 is 0 Å². The van der Waals surface area contributed by atoms with E-state index >= 15 is 0 Å². The first kappa shape index (κ1) is 21.5. The van der Waals surface area contributed by atoms with E-state index in [9.17, 15) is 14.7 Å². The molecule has 0 amide bonds. The van der Waals surface area contributed by atoms with Crippen LogP contribution in [-0.4, -0.2) is 79.0 Å². The van der Waals surface area contributed by atoms with Gasteiger partial charge in [-0.3, -0.25) is 18.8 Å². The lowest BCUT2D eigenvalue weighted by atomic mass is 10.1. The third kappa shape index (κ3) is 4.63. The normalized spacial score (nSPS) is 16.7. The van der Waals surface area contributed by atoms with E-state index in [2.05, 4.69) is 39.0 Å². The highest BCUT2D eigenvalue weighted by molar-refractivity contribution is 5.69. The zero-order valence-corrected chi connectivity index (χ0v) is 18.1. The second kappa shape index (κ2) is 9.17. The molecule has 4 rings (SSSR count). The summed E-state index contributed by atoms with van der Waals surface area (Å²) in [6.07, 6.45) is 1.94. The molecule has 166 valence electrons. The summed E-state index contributed by atoms with van der Waals surface area (Å²) >= 11 is 0. The number of β-amino-alcohol motifs (C(OH)–C–C–N with tert-alkyl or cyclic N) is 1. The third-order valence-corrected chi connectivity index (χ3v) is 6.12. The largest absolute Gasteiger partial charge is 0.390 e. The molecule has 3 aromatic rings. The minimum atomic E-state index is -0.629. The maximum Gasteiger partial charge on any atom is 0.332 e. The summed E-state index contributed by atoms with van der Waals surface area (Å²) in [5.74, 6) is 0. The van der Waals surface area contributed by atoms with Crippen LogP contribution in [0.4, 0.5) is 0 Å². The molecule has 1 aromatic carbocycles. The summed E-state index contributed by atoms with van der Waals surface area (Å²) in [6.45, 7) is 5.63. The average molecular weight is 427 g/mol. The molecule has 1 fully saturated rings. The summed E-state index contributed by atoms with van der Waals surface area (Å²) in [6, 6.07) is 10.5. The van der Waals surface area contributed by atoms with E-state index in [-0.39, 0.29) is 6.54 Å². The van der Waals surface area contributed by atoms with Gasteiger partial charge in [0.05, 0.1) is 19.0 Å². The van der Waals surface area contributed by atoms with Crippen LogP contribution in [0.3, 0.4) is 0 Å². The number of nitrogens with zero attached hydrogens (tertiary/aromatic N) is 6. The Morgan fingerprint density at radius 2 is 1.65 bits per heavy atom. The summed E-state index contributed by atoms with van der Waals surface area (Å²) < 4.78 is 4.08. The number of aliphatic hydroxyl groups excluding tert-OH is 1. The van der Waals surface area contributed by atoms with E-state index in [1.807, 2.05) is 6.07 Å². The van der Waals surface area contributed by atoms with Crippen molar-refractivity contribution in [2.45, 2.75) is 19.1 Å². The minimum absolute atomic E-state index is 0.262. The van der Waals surface area contributed by atoms with E-state index < -0.39 is 17.4 Å². The van der Waals surface area contributed by atoms with Crippen LogP contribution < -0.4 is 11.2 Å². The van der Waals surface area contributed by atoms with Gasteiger partial charge < -0.3 is 14.6 Å². The zero-order chi connectivity index (χ0) is 22.0. The number of aliphatic hydroxyl groups is 1. The lowest BCUT2D eigenvalue weighted by Gasteiger charge is -2.35. The lowest BCUT2D eigenvalue weighted by molar-refractivity contribution is 0.0652. The number of imidazole rings is 1. The Hall–Kier alpha value is -2.75. The summed E-state index contributed by atoms with van der Waals surface area (Å²) in [5, 5.41) is 10.7. The molecule has 2 aromatic heterocycles. The number of aromatic nitrogens is 4. The minimum Gasteiger partial charge on any atom is -0.390 e. The van der Waals surface area contributed by atoms with E-state index in [1.54, 1.807) is 11.6 Å². The topological polar surface area (TPSA) is 88.5 Å². The van der Waals surface area contributed by atoms with Crippen molar-refractivity contribution in [3.8, 4) is 0 Å². The van der Waals surface area contributed by atoms with Gasteiger partial charge in [-0.25, -0.2) is 9.78 Å². The van der Waals surface area contributed by atoms with Gasteiger partial charge in [-0.05, 0) is 12.0 Å². The van der Waals surface area contributed by atoms with Crippen LogP contribution in [0.25, 0.3) is 11.2 Å². The van der Waals surface area contributed by atoms with Crippen LogP contribution in [0.2, 0.25) is 0 Å². The number of hydrogen-bond acceptors (Lipinski definition) is 6. The van der Waals surface area contributed by atoms with Crippen molar-refractivity contribution in [2.24, 2.45) is 14.1 Å². The number of fused-ring (bicyclic) bond motifs is 1.